The first kappa shape index (κ1) is 24.9. The van der Waals surface area contributed by atoms with E-state index >= 15 is 0 Å². The largest absolute Gasteiger partial charge is 0.480 e. The normalized spacial score (nSPS) is 12.0. The van der Waals surface area contributed by atoms with Gasteiger partial charge in [0.1, 0.15) is 18.2 Å². The Labute approximate surface area is 174 Å². The number of non-ortho nitro benzene ring substituents is 1. The molecule has 0 spiro atoms. The van der Waals surface area contributed by atoms with Crippen molar-refractivity contribution in [3.8, 4) is 0 Å². The molecule has 1 atom stereocenters. The number of nitrogens with zero attached hydrogens (tertiary/aromatic N) is 1. The fourth-order valence-electron chi connectivity index (χ4n) is 2.45. The van der Waals surface area contributed by atoms with E-state index in [9.17, 15) is 29.6 Å². The van der Waals surface area contributed by atoms with Gasteiger partial charge in [-0.25, -0.2) is 9.59 Å². The maximum absolute atomic E-state index is 11.8. The Hall–Kier alpha value is -3.17. The van der Waals surface area contributed by atoms with E-state index in [-0.39, 0.29) is 25.1 Å². The summed E-state index contributed by atoms with van der Waals surface area (Å²) in [5.74, 6) is -1.56. The first-order valence-corrected chi connectivity index (χ1v) is 9.59. The number of hydrogen-bond acceptors (Lipinski definition) is 7. The van der Waals surface area contributed by atoms with Gasteiger partial charge in [-0.3, -0.25) is 14.9 Å². The predicted molar refractivity (Wildman–Crippen MR) is 107 cm³/mol. The SMILES string of the molecule is CC(C)(C)OC(=O)N[C@@H](CCCCCC(=O)OCc1ccc([N+](=O)[O-])cc1)C(=O)O. The molecule has 10 heteroatoms. The fraction of sp³-hybridized carbons (Fsp3) is 0.550. The summed E-state index contributed by atoms with van der Waals surface area (Å²) in [6, 6.07) is 4.67. The number of carboxylic acids is 1. The summed E-state index contributed by atoms with van der Waals surface area (Å²) < 4.78 is 10.2. The van der Waals surface area contributed by atoms with Gasteiger partial charge >= 0.3 is 18.0 Å². The Morgan fingerprint density at radius 1 is 1.13 bits per heavy atom. The molecule has 0 saturated carbocycles. The number of nitrogens with one attached hydrogen (secondary N) is 1. The molecule has 0 aromatic heterocycles. The number of carbonyl (C=O) groups excluding carboxylic acids is 2. The van der Waals surface area contributed by atoms with Crippen LogP contribution in [-0.2, 0) is 25.7 Å². The van der Waals surface area contributed by atoms with E-state index in [0.29, 0.717) is 24.8 Å². The number of nitro groups is 1. The van der Waals surface area contributed by atoms with E-state index in [1.54, 1.807) is 20.8 Å². The third-order valence-electron chi connectivity index (χ3n) is 3.91. The van der Waals surface area contributed by atoms with Gasteiger partial charge in [-0.1, -0.05) is 12.8 Å². The van der Waals surface area contributed by atoms with Gasteiger partial charge in [-0.15, -0.1) is 0 Å². The van der Waals surface area contributed by atoms with Crippen LogP contribution in [0.2, 0.25) is 0 Å². The average Bonchev–Trinajstić information content (AvgIpc) is 2.63. The van der Waals surface area contributed by atoms with Crippen molar-refractivity contribution < 1.29 is 33.9 Å². The molecule has 1 amide bonds. The first-order chi connectivity index (χ1) is 14.0. The van der Waals surface area contributed by atoms with Gasteiger partial charge in [-0.2, -0.15) is 0 Å². The monoisotopic (exact) mass is 424 g/mol. The Bertz CT molecular complexity index is 740. The third kappa shape index (κ3) is 10.4. The lowest BCUT2D eigenvalue weighted by Gasteiger charge is -2.22. The minimum atomic E-state index is -1.15. The van der Waals surface area contributed by atoms with Gasteiger partial charge < -0.3 is 19.9 Å². The van der Waals surface area contributed by atoms with E-state index in [1.165, 1.54) is 24.3 Å². The standard InChI is InChI=1S/C20H28N2O8/c1-20(2,3)30-19(26)21-16(18(24)25)7-5-4-6-8-17(23)29-13-14-9-11-15(12-10-14)22(27)28/h9-12,16H,4-8,13H2,1-3H3,(H,21,26)(H,24,25)/t16-/m0/s1. The van der Waals surface area contributed by atoms with Crippen molar-refractivity contribution in [2.24, 2.45) is 0 Å². The molecule has 0 unspecified atom stereocenters. The average molecular weight is 424 g/mol. The Kier molecular flexibility index (Phi) is 9.73. The predicted octanol–water partition coefficient (Wildman–Crippen LogP) is 3.57. The second-order valence-corrected chi connectivity index (χ2v) is 7.72. The molecule has 0 heterocycles. The zero-order chi connectivity index (χ0) is 22.7. The molecule has 0 radical (unpaired) electrons. The Morgan fingerprint density at radius 3 is 2.30 bits per heavy atom. The van der Waals surface area contributed by atoms with Crippen molar-refractivity contribution in [3.05, 3.63) is 39.9 Å². The molecule has 166 valence electrons. The number of esters is 1. The van der Waals surface area contributed by atoms with Crippen LogP contribution in [-0.4, -0.2) is 39.7 Å². The lowest BCUT2D eigenvalue weighted by molar-refractivity contribution is -0.384. The van der Waals surface area contributed by atoms with Crippen molar-refractivity contribution in [2.75, 3.05) is 0 Å². The van der Waals surface area contributed by atoms with Crippen LogP contribution in [0.25, 0.3) is 0 Å². The molecular formula is C20H28N2O8. The van der Waals surface area contributed by atoms with Crippen molar-refractivity contribution in [1.82, 2.24) is 5.32 Å². The zero-order valence-corrected chi connectivity index (χ0v) is 17.4. The van der Waals surface area contributed by atoms with Gasteiger partial charge in [-0.05, 0) is 51.3 Å². The Morgan fingerprint density at radius 2 is 1.77 bits per heavy atom. The molecule has 10 nitrogen and oxygen atoms in total. The topological polar surface area (TPSA) is 145 Å². The van der Waals surface area contributed by atoms with Crippen LogP contribution in [0.5, 0.6) is 0 Å². The minimum absolute atomic E-state index is 0.0255. The molecule has 0 aliphatic carbocycles. The number of carboxylic acid groups (broad SMARTS) is 1. The molecule has 0 fully saturated rings. The van der Waals surface area contributed by atoms with Gasteiger partial charge in [0, 0.05) is 18.6 Å². The molecule has 1 rings (SSSR count). The highest BCUT2D eigenvalue weighted by molar-refractivity contribution is 5.79. The smallest absolute Gasteiger partial charge is 0.408 e. The number of rotatable bonds is 11. The molecule has 1 aromatic carbocycles. The number of nitro benzene ring substituents is 1. The van der Waals surface area contributed by atoms with E-state index < -0.39 is 34.6 Å². The molecule has 0 aliphatic rings. The first-order valence-electron chi connectivity index (χ1n) is 9.59. The van der Waals surface area contributed by atoms with Crippen LogP contribution >= 0.6 is 0 Å². The highest BCUT2D eigenvalue weighted by Crippen LogP contribution is 2.14. The van der Waals surface area contributed by atoms with Gasteiger partial charge in [0.15, 0.2) is 0 Å². The van der Waals surface area contributed by atoms with Crippen LogP contribution in [0, 0.1) is 10.1 Å². The number of hydrogen-bond donors (Lipinski definition) is 2. The molecule has 2 N–H and O–H groups in total. The minimum Gasteiger partial charge on any atom is -0.480 e. The second-order valence-electron chi connectivity index (χ2n) is 7.72. The van der Waals surface area contributed by atoms with Crippen molar-refractivity contribution in [2.45, 2.75) is 71.1 Å². The van der Waals surface area contributed by atoms with Crippen molar-refractivity contribution in [3.63, 3.8) is 0 Å². The summed E-state index contributed by atoms with van der Waals surface area (Å²) >= 11 is 0. The molecular weight excluding hydrogens is 396 g/mol. The van der Waals surface area contributed by atoms with Crippen LogP contribution < -0.4 is 5.32 Å². The number of carbonyl (C=O) groups is 3. The summed E-state index contributed by atoms with van der Waals surface area (Å²) in [6.07, 6.45) is 1.20. The number of alkyl carbamates (subject to hydrolysis) is 1. The quantitative estimate of drug-likeness (QED) is 0.237. The highest BCUT2D eigenvalue weighted by atomic mass is 16.6. The maximum Gasteiger partial charge on any atom is 0.408 e. The number of unbranched alkanes of at least 4 members (excludes halogenated alkanes) is 2. The maximum atomic E-state index is 11.8. The van der Waals surface area contributed by atoms with Crippen LogP contribution in [0.3, 0.4) is 0 Å². The summed E-state index contributed by atoms with van der Waals surface area (Å²) in [4.78, 5) is 44.8. The number of benzene rings is 1. The summed E-state index contributed by atoms with van der Waals surface area (Å²) in [7, 11) is 0. The number of ether oxygens (including phenoxy) is 2. The summed E-state index contributed by atoms with van der Waals surface area (Å²) in [6.45, 7) is 5.08. The lowest BCUT2D eigenvalue weighted by atomic mass is 10.1. The molecule has 30 heavy (non-hydrogen) atoms. The fourth-order valence-corrected chi connectivity index (χ4v) is 2.45. The van der Waals surface area contributed by atoms with Crippen LogP contribution in [0.1, 0.15) is 58.4 Å². The Balaban J connectivity index is 2.26. The van der Waals surface area contributed by atoms with Crippen molar-refractivity contribution in [1.29, 1.82) is 0 Å². The number of amides is 1. The van der Waals surface area contributed by atoms with Gasteiger partial charge in [0.2, 0.25) is 0 Å². The van der Waals surface area contributed by atoms with Crippen molar-refractivity contribution >= 4 is 23.7 Å². The molecule has 0 bridgehead atoms. The molecule has 0 aliphatic heterocycles. The van der Waals surface area contributed by atoms with E-state index in [0.717, 1.165) is 0 Å². The summed E-state index contributed by atoms with van der Waals surface area (Å²) in [5.41, 5.74) is -0.112. The van der Waals surface area contributed by atoms with Crippen LogP contribution in [0.4, 0.5) is 10.5 Å². The van der Waals surface area contributed by atoms with Crippen LogP contribution in [0.15, 0.2) is 24.3 Å². The third-order valence-corrected chi connectivity index (χ3v) is 3.91. The zero-order valence-electron chi connectivity index (χ0n) is 17.4. The van der Waals surface area contributed by atoms with E-state index in [2.05, 4.69) is 5.32 Å². The van der Waals surface area contributed by atoms with Gasteiger partial charge in [0.25, 0.3) is 5.69 Å². The highest BCUT2D eigenvalue weighted by Gasteiger charge is 2.23. The lowest BCUT2D eigenvalue weighted by Crippen LogP contribution is -2.43. The number of aliphatic carboxylic acids is 1. The van der Waals surface area contributed by atoms with E-state index in [1.807, 2.05) is 0 Å². The molecule has 1 aromatic rings. The summed E-state index contributed by atoms with van der Waals surface area (Å²) in [5, 5.41) is 22.1. The van der Waals surface area contributed by atoms with E-state index in [4.69, 9.17) is 9.47 Å². The second kappa shape index (κ2) is 11.7. The van der Waals surface area contributed by atoms with Gasteiger partial charge in [0.05, 0.1) is 4.92 Å². The molecule has 0 saturated heterocycles.